The van der Waals surface area contributed by atoms with Gasteiger partial charge in [0.15, 0.2) is 0 Å². The van der Waals surface area contributed by atoms with Gasteiger partial charge in [-0.25, -0.2) is 0 Å². The van der Waals surface area contributed by atoms with Crippen LogP contribution in [0.15, 0.2) is 35.0 Å². The van der Waals surface area contributed by atoms with Gasteiger partial charge in [-0.15, -0.1) is 0 Å². The highest BCUT2D eigenvalue weighted by Gasteiger charge is 2.14. The highest BCUT2D eigenvalue weighted by Crippen LogP contribution is 2.12. The SMILES string of the molecule is N.O=[N+]([O-])c1cccc(-[n+]2cc([O-])on2)c1. The molecule has 8 heteroatoms. The first-order valence-electron chi connectivity index (χ1n) is 3.97. The van der Waals surface area contributed by atoms with E-state index in [1.165, 1.54) is 18.2 Å². The zero-order valence-electron chi connectivity index (χ0n) is 8.07. The fourth-order valence-corrected chi connectivity index (χ4v) is 1.10. The predicted molar refractivity (Wildman–Crippen MR) is 49.2 cm³/mol. The van der Waals surface area contributed by atoms with Gasteiger partial charge >= 0.3 is 0 Å². The van der Waals surface area contributed by atoms with Crippen molar-refractivity contribution in [1.29, 1.82) is 0 Å². The average molecular weight is 224 g/mol. The Kier molecular flexibility index (Phi) is 3.16. The number of rotatable bonds is 2. The molecule has 0 saturated carbocycles. The number of benzene rings is 1. The first-order valence-corrected chi connectivity index (χ1v) is 3.97. The number of hydrogen-bond acceptors (Lipinski definition) is 6. The molecule has 1 aromatic carbocycles. The van der Waals surface area contributed by atoms with Crippen LogP contribution in [-0.2, 0) is 0 Å². The average Bonchev–Trinajstić information content (AvgIpc) is 2.65. The highest BCUT2D eigenvalue weighted by atomic mass is 16.6. The predicted octanol–water partition coefficient (Wildman–Crippen LogP) is 0.0951. The Morgan fingerprint density at radius 2 is 2.19 bits per heavy atom. The molecule has 2 rings (SSSR count). The summed E-state index contributed by atoms with van der Waals surface area (Å²) in [5.74, 6) is -0.610. The smallest absolute Gasteiger partial charge is 0.276 e. The van der Waals surface area contributed by atoms with Crippen molar-refractivity contribution in [3.05, 3.63) is 40.6 Å². The van der Waals surface area contributed by atoms with Crippen LogP contribution in [-0.4, -0.2) is 10.2 Å². The molecule has 0 fully saturated rings. The summed E-state index contributed by atoms with van der Waals surface area (Å²) in [6, 6.07) is 5.72. The summed E-state index contributed by atoms with van der Waals surface area (Å²) < 4.78 is 5.44. The number of hydrogen-bond donors (Lipinski definition) is 1. The van der Waals surface area contributed by atoms with Crippen LogP contribution in [0.3, 0.4) is 0 Å². The van der Waals surface area contributed by atoms with E-state index in [-0.39, 0.29) is 11.8 Å². The second-order valence-electron chi connectivity index (χ2n) is 2.74. The van der Waals surface area contributed by atoms with Crippen molar-refractivity contribution in [2.24, 2.45) is 0 Å². The van der Waals surface area contributed by atoms with Crippen molar-refractivity contribution < 1.29 is 19.2 Å². The van der Waals surface area contributed by atoms with E-state index in [2.05, 4.69) is 9.79 Å². The van der Waals surface area contributed by atoms with Gasteiger partial charge in [-0.1, -0.05) is 0 Å². The lowest BCUT2D eigenvalue weighted by Gasteiger charge is -1.90. The van der Waals surface area contributed by atoms with Crippen LogP contribution in [0, 0.1) is 10.1 Å². The van der Waals surface area contributed by atoms with Crippen LogP contribution in [0.2, 0.25) is 0 Å². The van der Waals surface area contributed by atoms with Gasteiger partial charge in [0, 0.05) is 12.1 Å². The molecule has 0 amide bonds. The Balaban J connectivity index is 0.00000128. The third kappa shape index (κ3) is 2.12. The Morgan fingerprint density at radius 3 is 2.75 bits per heavy atom. The van der Waals surface area contributed by atoms with Crippen LogP contribution in [0.4, 0.5) is 5.69 Å². The maximum absolute atomic E-state index is 10.7. The Bertz CT molecular complexity index is 510. The topological polar surface area (TPSA) is 131 Å². The summed E-state index contributed by atoms with van der Waals surface area (Å²) in [7, 11) is 0. The second kappa shape index (κ2) is 4.36. The van der Waals surface area contributed by atoms with Crippen molar-refractivity contribution in [1.82, 2.24) is 11.4 Å². The molecule has 0 aliphatic rings. The Hall–Kier alpha value is -2.48. The molecule has 0 spiro atoms. The van der Waals surface area contributed by atoms with Crippen molar-refractivity contribution in [3.63, 3.8) is 0 Å². The van der Waals surface area contributed by atoms with Crippen molar-refractivity contribution in [2.75, 3.05) is 0 Å². The maximum Gasteiger partial charge on any atom is 0.276 e. The van der Waals surface area contributed by atoms with Gasteiger partial charge in [-0.2, -0.15) is 0 Å². The molecule has 16 heavy (non-hydrogen) atoms. The summed E-state index contributed by atoms with van der Waals surface area (Å²) in [5.41, 5.74) is 0.325. The third-order valence-electron chi connectivity index (χ3n) is 1.75. The molecule has 0 saturated heterocycles. The van der Waals surface area contributed by atoms with Crippen molar-refractivity contribution in [2.45, 2.75) is 0 Å². The minimum absolute atomic E-state index is 0. The number of nitrogens with zero attached hydrogens (tertiary/aromatic N) is 3. The van der Waals surface area contributed by atoms with Crippen LogP contribution in [0.1, 0.15) is 0 Å². The molecule has 84 valence electrons. The van der Waals surface area contributed by atoms with Gasteiger partial charge in [-0.3, -0.25) is 10.1 Å². The zero-order chi connectivity index (χ0) is 10.8. The number of nitro groups is 1. The van der Waals surface area contributed by atoms with Crippen LogP contribution in [0.5, 0.6) is 5.95 Å². The molecule has 2 aromatic rings. The standard InChI is InChI=1S/C8H5N3O4.H3N/c12-8-5-10(9-15-8)6-2-1-3-7(4-6)11(13)14;/h1-5H;1H3. The van der Waals surface area contributed by atoms with E-state index in [0.29, 0.717) is 5.69 Å². The van der Waals surface area contributed by atoms with Gasteiger partial charge in [0.2, 0.25) is 11.9 Å². The lowest BCUT2D eigenvalue weighted by molar-refractivity contribution is -0.670. The van der Waals surface area contributed by atoms with Gasteiger partial charge in [0.05, 0.1) is 16.3 Å². The van der Waals surface area contributed by atoms with Crippen molar-refractivity contribution in [3.8, 4) is 11.6 Å². The normalized spacial score (nSPS) is 9.50. The van der Waals surface area contributed by atoms with E-state index in [4.69, 9.17) is 0 Å². The fourth-order valence-electron chi connectivity index (χ4n) is 1.10. The molecular formula is C8H8N4O4. The molecule has 0 aliphatic carbocycles. The largest absolute Gasteiger partial charge is 0.539 e. The molecular weight excluding hydrogens is 216 g/mol. The lowest BCUT2D eigenvalue weighted by atomic mass is 10.3. The van der Waals surface area contributed by atoms with Gasteiger partial charge in [0.25, 0.3) is 5.69 Å². The Morgan fingerprint density at radius 1 is 1.44 bits per heavy atom. The Labute approximate surface area is 89.4 Å². The maximum atomic E-state index is 10.7. The van der Waals surface area contributed by atoms with E-state index in [1.54, 1.807) is 6.07 Å². The third-order valence-corrected chi connectivity index (χ3v) is 1.75. The molecule has 1 heterocycles. The number of non-ortho nitro benzene ring substituents is 1. The second-order valence-corrected chi connectivity index (χ2v) is 2.74. The molecule has 3 N–H and O–H groups in total. The van der Waals surface area contributed by atoms with Gasteiger partial charge in [-0.05, 0) is 10.7 Å². The molecule has 0 radical (unpaired) electrons. The fraction of sp³-hybridized carbons (Fsp3) is 0. The molecule has 1 aromatic heterocycles. The van der Waals surface area contributed by atoms with E-state index in [0.717, 1.165) is 10.9 Å². The van der Waals surface area contributed by atoms with E-state index < -0.39 is 10.9 Å². The molecule has 0 unspecified atom stereocenters. The molecule has 0 atom stereocenters. The van der Waals surface area contributed by atoms with E-state index >= 15 is 0 Å². The van der Waals surface area contributed by atoms with E-state index in [1.807, 2.05) is 0 Å². The molecule has 8 nitrogen and oxygen atoms in total. The lowest BCUT2D eigenvalue weighted by Crippen LogP contribution is -2.31. The minimum Gasteiger partial charge on any atom is -0.539 e. The van der Waals surface area contributed by atoms with Gasteiger partial charge in [0.1, 0.15) is 5.95 Å². The first-order chi connectivity index (χ1) is 7.16. The summed E-state index contributed by atoms with van der Waals surface area (Å²) in [5, 5.41) is 24.6. The van der Waals surface area contributed by atoms with Crippen LogP contribution >= 0.6 is 0 Å². The summed E-state index contributed by atoms with van der Waals surface area (Å²) in [6.45, 7) is 0. The summed E-state index contributed by atoms with van der Waals surface area (Å²) >= 11 is 0. The quantitative estimate of drug-likeness (QED) is 0.437. The van der Waals surface area contributed by atoms with Crippen LogP contribution < -0.4 is 15.9 Å². The minimum atomic E-state index is -0.610. The monoisotopic (exact) mass is 224 g/mol. The molecule has 0 aliphatic heterocycles. The molecule has 0 bridgehead atoms. The summed E-state index contributed by atoms with van der Waals surface area (Å²) in [4.78, 5) is 9.95. The number of nitro benzene ring substituents is 1. The number of aromatic nitrogens is 2. The highest BCUT2D eigenvalue weighted by molar-refractivity contribution is 5.37. The van der Waals surface area contributed by atoms with Crippen LogP contribution in [0.25, 0.3) is 5.69 Å². The van der Waals surface area contributed by atoms with Crippen molar-refractivity contribution >= 4 is 5.69 Å². The first kappa shape index (κ1) is 11.6. The van der Waals surface area contributed by atoms with Gasteiger partial charge < -0.3 is 15.8 Å². The zero-order valence-corrected chi connectivity index (χ0v) is 8.07. The summed E-state index contributed by atoms with van der Waals surface area (Å²) in [6.07, 6.45) is 1.10. The van der Waals surface area contributed by atoms with E-state index in [9.17, 15) is 15.2 Å².